The molecule has 6 nitrogen and oxygen atoms in total. The molecule has 4 rings (SSSR count). The number of likely N-dealkylation sites (tertiary alicyclic amines) is 1. The average Bonchev–Trinajstić information content (AvgIpc) is 2.82. The Morgan fingerprint density at radius 2 is 1.86 bits per heavy atom. The highest BCUT2D eigenvalue weighted by Gasteiger charge is 2.41. The predicted molar refractivity (Wildman–Crippen MR) is 122 cm³/mol. The first-order valence-electron chi connectivity index (χ1n) is 11.6. The van der Waals surface area contributed by atoms with Gasteiger partial charge in [0.2, 0.25) is 0 Å². The van der Waals surface area contributed by atoms with Crippen molar-refractivity contribution < 1.29 is 36.6 Å². The molecule has 1 atom stereocenters. The van der Waals surface area contributed by atoms with Gasteiger partial charge in [-0.25, -0.2) is 4.39 Å². The van der Waals surface area contributed by atoms with Crippen LogP contribution >= 0.6 is 0 Å². The molecule has 2 aliphatic heterocycles. The maximum Gasteiger partial charge on any atom is 0.425 e. The second-order valence-corrected chi connectivity index (χ2v) is 9.01. The molecule has 2 fully saturated rings. The Hall–Kier alpha value is -3.32. The summed E-state index contributed by atoms with van der Waals surface area (Å²) in [6.07, 6.45) is -5.29. The summed E-state index contributed by atoms with van der Waals surface area (Å²) in [4.78, 5) is 14.7. The van der Waals surface area contributed by atoms with Crippen LogP contribution in [0, 0.1) is 17.1 Å². The van der Waals surface area contributed by atoms with E-state index >= 15 is 0 Å². The Bertz CT molecular complexity index is 1170. The Labute approximate surface area is 206 Å². The molecule has 192 valence electrons. The molecule has 36 heavy (non-hydrogen) atoms. The SMILES string of the molecule is COc1c(C#N)ccc(O[C@@H](C)C(F)(F)F)c1C(=O)N1CC(c2ccc(C3CCOCC3)c(F)c2)C1. The van der Waals surface area contributed by atoms with Crippen LogP contribution in [-0.2, 0) is 4.74 Å². The highest BCUT2D eigenvalue weighted by molar-refractivity contribution is 6.01. The van der Waals surface area contributed by atoms with Gasteiger partial charge >= 0.3 is 6.18 Å². The average molecular weight is 506 g/mol. The monoisotopic (exact) mass is 506 g/mol. The summed E-state index contributed by atoms with van der Waals surface area (Å²) < 4.78 is 69.8. The summed E-state index contributed by atoms with van der Waals surface area (Å²) in [7, 11) is 1.23. The molecule has 0 aliphatic carbocycles. The third-order valence-corrected chi connectivity index (χ3v) is 6.75. The van der Waals surface area contributed by atoms with Gasteiger partial charge in [-0.3, -0.25) is 4.79 Å². The number of rotatable bonds is 6. The quantitative estimate of drug-likeness (QED) is 0.506. The molecule has 0 N–H and O–H groups in total. The molecular formula is C26H26F4N2O4. The second-order valence-electron chi connectivity index (χ2n) is 9.01. The van der Waals surface area contributed by atoms with Crippen LogP contribution in [0.4, 0.5) is 17.6 Å². The van der Waals surface area contributed by atoms with Crippen molar-refractivity contribution in [2.24, 2.45) is 0 Å². The fourth-order valence-corrected chi connectivity index (χ4v) is 4.57. The minimum Gasteiger partial charge on any atom is -0.494 e. The van der Waals surface area contributed by atoms with Crippen molar-refractivity contribution in [3.05, 3.63) is 58.4 Å². The molecular weight excluding hydrogens is 480 g/mol. The first-order valence-corrected chi connectivity index (χ1v) is 11.6. The first-order chi connectivity index (χ1) is 17.1. The zero-order chi connectivity index (χ0) is 26.0. The molecule has 0 unspecified atom stereocenters. The van der Waals surface area contributed by atoms with Crippen molar-refractivity contribution in [1.82, 2.24) is 4.90 Å². The van der Waals surface area contributed by atoms with Gasteiger partial charge in [0.1, 0.15) is 23.2 Å². The number of halogens is 4. The van der Waals surface area contributed by atoms with E-state index in [1.165, 1.54) is 24.1 Å². The molecule has 1 amide bonds. The summed E-state index contributed by atoms with van der Waals surface area (Å²) in [5.41, 5.74) is 1.16. The Balaban J connectivity index is 1.53. The smallest absolute Gasteiger partial charge is 0.425 e. The van der Waals surface area contributed by atoms with Crippen LogP contribution in [0.15, 0.2) is 30.3 Å². The van der Waals surface area contributed by atoms with Gasteiger partial charge in [0.05, 0.1) is 12.7 Å². The van der Waals surface area contributed by atoms with Crippen LogP contribution in [-0.4, -0.2) is 56.5 Å². The molecule has 0 bridgehead atoms. The van der Waals surface area contributed by atoms with Crippen molar-refractivity contribution in [3.63, 3.8) is 0 Å². The third-order valence-electron chi connectivity index (χ3n) is 6.75. The molecule has 2 saturated heterocycles. The lowest BCUT2D eigenvalue weighted by Crippen LogP contribution is -2.48. The lowest BCUT2D eigenvalue weighted by molar-refractivity contribution is -0.189. The lowest BCUT2D eigenvalue weighted by Gasteiger charge is -2.40. The topological polar surface area (TPSA) is 71.8 Å². The van der Waals surface area contributed by atoms with Crippen LogP contribution in [0.3, 0.4) is 0 Å². The van der Waals surface area contributed by atoms with Crippen LogP contribution in [0.25, 0.3) is 0 Å². The number of carbonyl (C=O) groups is 1. The summed E-state index contributed by atoms with van der Waals surface area (Å²) in [5.74, 6) is -1.39. The number of benzene rings is 2. The standard InChI is InChI=1S/C26H26F4N2O4/c1-15(26(28,29)30)36-22-6-4-18(12-31)24(34-2)23(22)25(33)32-13-19(14-32)17-3-5-20(21(27)11-17)16-7-9-35-10-8-16/h3-6,11,15-16,19H,7-10,13-14H2,1-2H3/t15-/m0/s1. The Kier molecular flexibility index (Phi) is 7.41. The number of nitriles is 1. The number of amides is 1. The van der Waals surface area contributed by atoms with E-state index < -0.39 is 18.2 Å². The van der Waals surface area contributed by atoms with Gasteiger partial charge in [-0.2, -0.15) is 18.4 Å². The van der Waals surface area contributed by atoms with E-state index in [0.29, 0.717) is 18.8 Å². The van der Waals surface area contributed by atoms with Crippen LogP contribution < -0.4 is 9.47 Å². The molecule has 0 radical (unpaired) electrons. The van der Waals surface area contributed by atoms with Crippen molar-refractivity contribution in [2.75, 3.05) is 33.4 Å². The number of methoxy groups -OCH3 is 1. The van der Waals surface area contributed by atoms with Gasteiger partial charge in [-0.05, 0) is 55.0 Å². The second kappa shape index (κ2) is 10.3. The van der Waals surface area contributed by atoms with E-state index in [2.05, 4.69) is 0 Å². The van der Waals surface area contributed by atoms with E-state index in [0.717, 1.165) is 31.4 Å². The summed E-state index contributed by atoms with van der Waals surface area (Å²) >= 11 is 0. The summed E-state index contributed by atoms with van der Waals surface area (Å²) in [6, 6.07) is 9.43. The van der Waals surface area contributed by atoms with E-state index in [-0.39, 0.29) is 53.4 Å². The molecule has 10 heteroatoms. The van der Waals surface area contributed by atoms with E-state index in [4.69, 9.17) is 14.2 Å². The number of carbonyl (C=O) groups excluding carboxylic acids is 1. The third kappa shape index (κ3) is 5.12. The number of hydrogen-bond donors (Lipinski definition) is 0. The highest BCUT2D eigenvalue weighted by Crippen LogP contribution is 2.39. The highest BCUT2D eigenvalue weighted by atomic mass is 19.4. The van der Waals surface area contributed by atoms with E-state index in [9.17, 15) is 27.6 Å². The van der Waals surface area contributed by atoms with Crippen molar-refractivity contribution in [2.45, 2.75) is 43.9 Å². The molecule has 0 aromatic heterocycles. The number of hydrogen-bond acceptors (Lipinski definition) is 5. The molecule has 0 spiro atoms. The lowest BCUT2D eigenvalue weighted by atomic mass is 9.86. The van der Waals surface area contributed by atoms with Crippen LogP contribution in [0.1, 0.15) is 58.6 Å². The zero-order valence-corrected chi connectivity index (χ0v) is 19.9. The van der Waals surface area contributed by atoms with Crippen LogP contribution in [0.5, 0.6) is 11.5 Å². The maximum atomic E-state index is 14.9. The fourth-order valence-electron chi connectivity index (χ4n) is 4.57. The van der Waals surface area contributed by atoms with Gasteiger partial charge < -0.3 is 19.1 Å². The number of nitrogens with zero attached hydrogens (tertiary/aromatic N) is 2. The molecule has 2 heterocycles. The minimum atomic E-state index is -4.65. The van der Waals surface area contributed by atoms with Gasteiger partial charge in [0.25, 0.3) is 5.91 Å². The molecule has 2 aromatic carbocycles. The number of alkyl halides is 3. The minimum absolute atomic E-state index is 0.00397. The zero-order valence-electron chi connectivity index (χ0n) is 19.9. The Morgan fingerprint density at radius 3 is 2.44 bits per heavy atom. The predicted octanol–water partition coefficient (Wildman–Crippen LogP) is 5.17. The van der Waals surface area contributed by atoms with Gasteiger partial charge in [0.15, 0.2) is 11.9 Å². The van der Waals surface area contributed by atoms with Gasteiger partial charge in [-0.15, -0.1) is 0 Å². The number of ether oxygens (including phenoxy) is 3. The van der Waals surface area contributed by atoms with Crippen molar-refractivity contribution in [1.29, 1.82) is 5.26 Å². The normalized spacial score (nSPS) is 17.8. The van der Waals surface area contributed by atoms with Crippen molar-refractivity contribution in [3.8, 4) is 17.6 Å². The van der Waals surface area contributed by atoms with E-state index in [1.54, 1.807) is 6.07 Å². The maximum absolute atomic E-state index is 14.9. The molecule has 0 saturated carbocycles. The molecule has 2 aliphatic rings. The summed E-state index contributed by atoms with van der Waals surface area (Å²) in [6.45, 7) is 2.52. The van der Waals surface area contributed by atoms with Gasteiger partial charge in [-0.1, -0.05) is 12.1 Å². The molecule has 2 aromatic rings. The van der Waals surface area contributed by atoms with Gasteiger partial charge in [0, 0.05) is 32.2 Å². The fraction of sp³-hybridized carbons (Fsp3) is 0.462. The van der Waals surface area contributed by atoms with Crippen molar-refractivity contribution >= 4 is 5.91 Å². The first kappa shape index (κ1) is 25.8. The van der Waals surface area contributed by atoms with E-state index in [1.807, 2.05) is 12.1 Å². The Morgan fingerprint density at radius 1 is 1.17 bits per heavy atom. The van der Waals surface area contributed by atoms with Crippen LogP contribution in [0.2, 0.25) is 0 Å². The summed E-state index contributed by atoms with van der Waals surface area (Å²) in [5, 5.41) is 9.38. The largest absolute Gasteiger partial charge is 0.494 e.